The fourth-order valence-corrected chi connectivity index (χ4v) is 2.82. The summed E-state index contributed by atoms with van der Waals surface area (Å²) >= 11 is 0. The minimum Gasteiger partial charge on any atom is -0.383 e. The van der Waals surface area contributed by atoms with Gasteiger partial charge in [0.15, 0.2) is 0 Å². The van der Waals surface area contributed by atoms with Gasteiger partial charge in [-0.2, -0.15) is 0 Å². The molecule has 0 spiro atoms. The van der Waals surface area contributed by atoms with Crippen LogP contribution in [0.2, 0.25) is 0 Å². The summed E-state index contributed by atoms with van der Waals surface area (Å²) in [6.45, 7) is 5.20. The molecule has 5 nitrogen and oxygen atoms in total. The SMILES string of the molecule is COCCN(C)CCNC(=O)C(C)C1CCCC(N)C1. The number of amides is 1. The maximum absolute atomic E-state index is 12.1. The molecule has 0 aromatic carbocycles. The average molecular weight is 285 g/mol. The maximum atomic E-state index is 12.1. The second-order valence-electron chi connectivity index (χ2n) is 6.06. The Labute approximate surface area is 123 Å². The molecule has 1 fully saturated rings. The average Bonchev–Trinajstić information content (AvgIpc) is 2.44. The zero-order chi connectivity index (χ0) is 15.0. The second kappa shape index (κ2) is 9.32. The van der Waals surface area contributed by atoms with Crippen LogP contribution in [0.1, 0.15) is 32.6 Å². The molecular formula is C15H31N3O2. The number of nitrogens with two attached hydrogens (primary N) is 1. The first-order valence-corrected chi connectivity index (χ1v) is 7.75. The van der Waals surface area contributed by atoms with Crippen molar-refractivity contribution >= 4 is 5.91 Å². The van der Waals surface area contributed by atoms with Crippen LogP contribution in [0.25, 0.3) is 0 Å². The Morgan fingerprint density at radius 1 is 1.45 bits per heavy atom. The van der Waals surface area contributed by atoms with E-state index in [0.717, 1.165) is 45.4 Å². The van der Waals surface area contributed by atoms with Crippen molar-refractivity contribution in [1.82, 2.24) is 10.2 Å². The highest BCUT2D eigenvalue weighted by Crippen LogP contribution is 2.29. The number of likely N-dealkylation sites (N-methyl/N-ethyl adjacent to an activating group) is 1. The first-order valence-electron chi connectivity index (χ1n) is 7.75. The third-order valence-electron chi connectivity index (χ3n) is 4.35. The van der Waals surface area contributed by atoms with Crippen molar-refractivity contribution in [1.29, 1.82) is 0 Å². The minimum atomic E-state index is 0.0747. The van der Waals surface area contributed by atoms with E-state index in [2.05, 4.69) is 10.2 Å². The Balaban J connectivity index is 2.21. The van der Waals surface area contributed by atoms with Crippen LogP contribution in [0.15, 0.2) is 0 Å². The molecule has 0 aromatic rings. The molecule has 0 radical (unpaired) electrons. The number of carbonyl (C=O) groups is 1. The van der Waals surface area contributed by atoms with E-state index < -0.39 is 0 Å². The summed E-state index contributed by atoms with van der Waals surface area (Å²) in [7, 11) is 3.74. The molecule has 0 bridgehead atoms. The largest absolute Gasteiger partial charge is 0.383 e. The molecule has 1 aliphatic rings. The molecule has 1 aliphatic carbocycles. The molecule has 0 aromatic heterocycles. The van der Waals surface area contributed by atoms with Gasteiger partial charge in [0.05, 0.1) is 6.61 Å². The molecule has 1 saturated carbocycles. The van der Waals surface area contributed by atoms with E-state index >= 15 is 0 Å². The van der Waals surface area contributed by atoms with Crippen LogP contribution in [0.4, 0.5) is 0 Å². The second-order valence-corrected chi connectivity index (χ2v) is 6.06. The summed E-state index contributed by atoms with van der Waals surface area (Å²) in [5.41, 5.74) is 6.00. The standard InChI is InChI=1S/C15H31N3O2/c1-12(13-5-4-6-14(16)11-13)15(19)17-7-8-18(2)9-10-20-3/h12-14H,4-11,16H2,1-3H3,(H,17,19). The summed E-state index contributed by atoms with van der Waals surface area (Å²) in [6, 6.07) is 0.282. The normalized spacial score (nSPS) is 24.6. The van der Waals surface area contributed by atoms with Crippen LogP contribution in [-0.4, -0.2) is 57.2 Å². The molecule has 3 unspecified atom stereocenters. The fraction of sp³-hybridized carbons (Fsp3) is 0.933. The number of nitrogens with zero attached hydrogens (tertiary/aromatic N) is 1. The van der Waals surface area contributed by atoms with Crippen LogP contribution in [0, 0.1) is 11.8 Å². The van der Waals surface area contributed by atoms with E-state index in [1.807, 2.05) is 14.0 Å². The quantitative estimate of drug-likeness (QED) is 0.693. The van der Waals surface area contributed by atoms with Gasteiger partial charge in [-0.3, -0.25) is 4.79 Å². The lowest BCUT2D eigenvalue weighted by Gasteiger charge is -2.30. The molecule has 118 valence electrons. The van der Waals surface area contributed by atoms with Gasteiger partial charge < -0.3 is 20.7 Å². The van der Waals surface area contributed by atoms with Crippen LogP contribution in [0.3, 0.4) is 0 Å². The summed E-state index contributed by atoms with van der Waals surface area (Å²) in [4.78, 5) is 14.3. The predicted molar refractivity (Wildman–Crippen MR) is 81.5 cm³/mol. The van der Waals surface area contributed by atoms with Crippen molar-refractivity contribution in [2.45, 2.75) is 38.6 Å². The first-order chi connectivity index (χ1) is 9.54. The van der Waals surface area contributed by atoms with Crippen molar-refractivity contribution in [2.75, 3.05) is 40.4 Å². The lowest BCUT2D eigenvalue weighted by Crippen LogP contribution is -2.40. The zero-order valence-electron chi connectivity index (χ0n) is 13.2. The molecule has 0 saturated heterocycles. The molecular weight excluding hydrogens is 254 g/mol. The summed E-state index contributed by atoms with van der Waals surface area (Å²) in [5.74, 6) is 0.694. The van der Waals surface area contributed by atoms with Gasteiger partial charge in [-0.05, 0) is 32.2 Å². The summed E-state index contributed by atoms with van der Waals surface area (Å²) in [6.07, 6.45) is 4.39. The van der Waals surface area contributed by atoms with Gasteiger partial charge in [0, 0.05) is 38.7 Å². The summed E-state index contributed by atoms with van der Waals surface area (Å²) < 4.78 is 5.03. The molecule has 1 rings (SSSR count). The number of ether oxygens (including phenoxy) is 1. The molecule has 1 amide bonds. The fourth-order valence-electron chi connectivity index (χ4n) is 2.82. The van der Waals surface area contributed by atoms with Crippen LogP contribution in [-0.2, 0) is 9.53 Å². The maximum Gasteiger partial charge on any atom is 0.223 e. The van der Waals surface area contributed by atoms with E-state index in [9.17, 15) is 4.79 Å². The highest BCUT2D eigenvalue weighted by molar-refractivity contribution is 5.78. The van der Waals surface area contributed by atoms with Gasteiger partial charge in [0.1, 0.15) is 0 Å². The number of nitrogens with one attached hydrogen (secondary N) is 1. The Kier molecular flexibility index (Phi) is 8.11. The van der Waals surface area contributed by atoms with Crippen molar-refractivity contribution in [3.8, 4) is 0 Å². The summed E-state index contributed by atoms with van der Waals surface area (Å²) in [5, 5.41) is 3.04. The molecule has 0 aliphatic heterocycles. The van der Waals surface area contributed by atoms with Crippen molar-refractivity contribution < 1.29 is 9.53 Å². The third kappa shape index (κ3) is 6.20. The van der Waals surface area contributed by atoms with Gasteiger partial charge in [-0.1, -0.05) is 13.3 Å². The zero-order valence-corrected chi connectivity index (χ0v) is 13.2. The smallest absolute Gasteiger partial charge is 0.223 e. The van der Waals surface area contributed by atoms with Gasteiger partial charge >= 0.3 is 0 Å². The number of methoxy groups -OCH3 is 1. The van der Waals surface area contributed by atoms with E-state index in [1.165, 1.54) is 0 Å². The van der Waals surface area contributed by atoms with Gasteiger partial charge in [0.2, 0.25) is 5.91 Å². The van der Waals surface area contributed by atoms with Crippen molar-refractivity contribution in [3.05, 3.63) is 0 Å². The highest BCUT2D eigenvalue weighted by atomic mass is 16.5. The van der Waals surface area contributed by atoms with Crippen LogP contribution in [0.5, 0.6) is 0 Å². The lowest BCUT2D eigenvalue weighted by atomic mass is 9.78. The highest BCUT2D eigenvalue weighted by Gasteiger charge is 2.28. The van der Waals surface area contributed by atoms with Crippen molar-refractivity contribution in [2.24, 2.45) is 17.6 Å². The monoisotopic (exact) mass is 285 g/mol. The van der Waals surface area contributed by atoms with E-state index in [0.29, 0.717) is 12.5 Å². The first kappa shape index (κ1) is 17.4. The molecule has 3 atom stereocenters. The number of hydrogen-bond donors (Lipinski definition) is 2. The van der Waals surface area contributed by atoms with Gasteiger partial charge in [0.25, 0.3) is 0 Å². The molecule has 5 heteroatoms. The number of carbonyl (C=O) groups excluding carboxylic acids is 1. The molecule has 20 heavy (non-hydrogen) atoms. The number of hydrogen-bond acceptors (Lipinski definition) is 4. The third-order valence-corrected chi connectivity index (χ3v) is 4.35. The van der Waals surface area contributed by atoms with Crippen LogP contribution < -0.4 is 11.1 Å². The minimum absolute atomic E-state index is 0.0747. The molecule has 3 N–H and O–H groups in total. The van der Waals surface area contributed by atoms with E-state index in [4.69, 9.17) is 10.5 Å². The Morgan fingerprint density at radius 3 is 2.85 bits per heavy atom. The van der Waals surface area contributed by atoms with E-state index in [-0.39, 0.29) is 17.9 Å². The van der Waals surface area contributed by atoms with E-state index in [1.54, 1.807) is 7.11 Å². The number of rotatable bonds is 8. The topological polar surface area (TPSA) is 67.6 Å². The Morgan fingerprint density at radius 2 is 2.20 bits per heavy atom. The van der Waals surface area contributed by atoms with Crippen LogP contribution >= 0.6 is 0 Å². The Bertz CT molecular complexity index is 286. The Hall–Kier alpha value is -0.650. The van der Waals surface area contributed by atoms with Crippen molar-refractivity contribution in [3.63, 3.8) is 0 Å². The predicted octanol–water partition coefficient (Wildman–Crippen LogP) is 0.834. The van der Waals surface area contributed by atoms with Gasteiger partial charge in [-0.15, -0.1) is 0 Å². The molecule has 0 heterocycles. The lowest BCUT2D eigenvalue weighted by molar-refractivity contribution is -0.126. The van der Waals surface area contributed by atoms with Gasteiger partial charge in [-0.25, -0.2) is 0 Å².